The van der Waals surface area contributed by atoms with Crippen LogP contribution in [0.4, 0.5) is 11.4 Å². The summed E-state index contributed by atoms with van der Waals surface area (Å²) in [5.74, 6) is 0.510. The number of nitrogens with zero attached hydrogens (tertiary/aromatic N) is 4. The van der Waals surface area contributed by atoms with Crippen LogP contribution in [0, 0.1) is 10.1 Å². The lowest BCUT2D eigenvalue weighted by Gasteiger charge is -2.20. The van der Waals surface area contributed by atoms with Crippen LogP contribution in [0.25, 0.3) is 11.4 Å². The molecule has 0 bridgehead atoms. The van der Waals surface area contributed by atoms with Crippen LogP contribution in [-0.4, -0.2) is 39.0 Å². The first-order chi connectivity index (χ1) is 14.0. The molecule has 9 heteroatoms. The SMILES string of the molecule is CCN(CC)C(=O)c1ccccc1NCc1nc(-c2cccc([N+](=O)[O-])c2)no1. The average Bonchev–Trinajstić information content (AvgIpc) is 3.22. The molecule has 1 amide bonds. The maximum atomic E-state index is 12.7. The maximum absolute atomic E-state index is 12.7. The fraction of sp³-hybridized carbons (Fsp3) is 0.250. The lowest BCUT2D eigenvalue weighted by atomic mass is 10.1. The molecule has 1 heterocycles. The minimum atomic E-state index is -0.476. The Labute approximate surface area is 167 Å². The molecular formula is C20H21N5O4. The van der Waals surface area contributed by atoms with E-state index in [2.05, 4.69) is 15.5 Å². The van der Waals surface area contributed by atoms with E-state index in [1.807, 2.05) is 32.0 Å². The van der Waals surface area contributed by atoms with Crippen molar-refractivity contribution in [3.63, 3.8) is 0 Å². The molecule has 1 N–H and O–H groups in total. The summed E-state index contributed by atoms with van der Waals surface area (Å²) in [6, 6.07) is 13.3. The third-order valence-electron chi connectivity index (χ3n) is 4.42. The van der Waals surface area contributed by atoms with Crippen LogP contribution in [0.2, 0.25) is 0 Å². The zero-order chi connectivity index (χ0) is 20.8. The van der Waals surface area contributed by atoms with E-state index >= 15 is 0 Å². The molecular weight excluding hydrogens is 374 g/mol. The van der Waals surface area contributed by atoms with Gasteiger partial charge in [0.05, 0.1) is 17.0 Å². The molecule has 3 rings (SSSR count). The minimum absolute atomic E-state index is 0.0455. The van der Waals surface area contributed by atoms with E-state index in [1.165, 1.54) is 12.1 Å². The number of para-hydroxylation sites is 1. The number of nitrogens with one attached hydrogen (secondary N) is 1. The molecule has 0 spiro atoms. The highest BCUT2D eigenvalue weighted by atomic mass is 16.6. The molecule has 0 aliphatic rings. The molecule has 0 fully saturated rings. The molecule has 9 nitrogen and oxygen atoms in total. The predicted molar refractivity (Wildman–Crippen MR) is 107 cm³/mol. The number of nitro groups is 1. The second-order valence-corrected chi connectivity index (χ2v) is 6.20. The van der Waals surface area contributed by atoms with Crippen LogP contribution in [0.3, 0.4) is 0 Å². The van der Waals surface area contributed by atoms with Gasteiger partial charge in [-0.05, 0) is 26.0 Å². The number of amides is 1. The van der Waals surface area contributed by atoms with Crippen LogP contribution in [0.15, 0.2) is 53.1 Å². The fourth-order valence-electron chi connectivity index (χ4n) is 2.88. The molecule has 0 unspecified atom stereocenters. The monoisotopic (exact) mass is 395 g/mol. The maximum Gasteiger partial charge on any atom is 0.270 e. The van der Waals surface area contributed by atoms with Crippen molar-refractivity contribution in [1.82, 2.24) is 15.0 Å². The van der Waals surface area contributed by atoms with Crippen molar-refractivity contribution in [2.45, 2.75) is 20.4 Å². The first kappa shape index (κ1) is 20.0. The zero-order valence-corrected chi connectivity index (χ0v) is 16.2. The molecule has 2 aromatic carbocycles. The van der Waals surface area contributed by atoms with E-state index in [9.17, 15) is 14.9 Å². The van der Waals surface area contributed by atoms with Gasteiger partial charge in [0.1, 0.15) is 0 Å². The van der Waals surface area contributed by atoms with Gasteiger partial charge < -0.3 is 14.7 Å². The van der Waals surface area contributed by atoms with Crippen molar-refractivity contribution >= 4 is 17.3 Å². The fourth-order valence-corrected chi connectivity index (χ4v) is 2.88. The summed E-state index contributed by atoms with van der Waals surface area (Å²) in [6.07, 6.45) is 0. The van der Waals surface area contributed by atoms with Gasteiger partial charge in [0.25, 0.3) is 11.6 Å². The molecule has 0 aliphatic carbocycles. The summed E-state index contributed by atoms with van der Waals surface area (Å²) in [6.45, 7) is 5.33. The Morgan fingerprint density at radius 2 is 1.93 bits per heavy atom. The predicted octanol–water partition coefficient (Wildman–Crippen LogP) is 3.74. The Morgan fingerprint density at radius 3 is 2.66 bits per heavy atom. The Balaban J connectivity index is 1.75. The third kappa shape index (κ3) is 4.57. The summed E-state index contributed by atoms with van der Waals surface area (Å²) in [4.78, 5) is 29.2. The molecule has 0 radical (unpaired) electrons. The quantitative estimate of drug-likeness (QED) is 0.456. The highest BCUT2D eigenvalue weighted by Gasteiger charge is 2.17. The van der Waals surface area contributed by atoms with Gasteiger partial charge in [-0.3, -0.25) is 14.9 Å². The van der Waals surface area contributed by atoms with E-state index in [1.54, 1.807) is 23.1 Å². The van der Waals surface area contributed by atoms with Gasteiger partial charge in [0.2, 0.25) is 11.7 Å². The standard InChI is InChI=1S/C20H21N5O4/c1-3-24(4-2)20(26)16-10-5-6-11-17(16)21-13-18-22-19(23-29-18)14-8-7-9-15(12-14)25(27)28/h5-12,21H,3-4,13H2,1-2H3. The van der Waals surface area contributed by atoms with Crippen molar-refractivity contribution < 1.29 is 14.2 Å². The lowest BCUT2D eigenvalue weighted by Crippen LogP contribution is -2.31. The number of carbonyl (C=O) groups excluding carboxylic acids is 1. The van der Waals surface area contributed by atoms with Gasteiger partial charge in [-0.1, -0.05) is 29.4 Å². The Morgan fingerprint density at radius 1 is 1.17 bits per heavy atom. The molecule has 0 atom stereocenters. The van der Waals surface area contributed by atoms with E-state index in [-0.39, 0.29) is 24.0 Å². The molecule has 0 saturated heterocycles. The second kappa shape index (κ2) is 8.96. The zero-order valence-electron chi connectivity index (χ0n) is 16.2. The van der Waals surface area contributed by atoms with Gasteiger partial charge in [-0.25, -0.2) is 0 Å². The molecule has 0 saturated carbocycles. The molecule has 0 aliphatic heterocycles. The Hall–Kier alpha value is -3.75. The third-order valence-corrected chi connectivity index (χ3v) is 4.42. The van der Waals surface area contributed by atoms with E-state index in [4.69, 9.17) is 4.52 Å². The Kier molecular flexibility index (Phi) is 6.18. The number of benzene rings is 2. The van der Waals surface area contributed by atoms with E-state index < -0.39 is 4.92 Å². The van der Waals surface area contributed by atoms with Gasteiger partial charge in [-0.15, -0.1) is 0 Å². The highest BCUT2D eigenvalue weighted by molar-refractivity contribution is 5.99. The smallest absolute Gasteiger partial charge is 0.270 e. The van der Waals surface area contributed by atoms with Gasteiger partial charge in [-0.2, -0.15) is 4.98 Å². The normalized spacial score (nSPS) is 10.6. The number of anilines is 1. The largest absolute Gasteiger partial charge is 0.375 e. The number of hydrogen-bond donors (Lipinski definition) is 1. The average molecular weight is 395 g/mol. The number of aromatic nitrogens is 2. The van der Waals surface area contributed by atoms with Gasteiger partial charge >= 0.3 is 0 Å². The van der Waals surface area contributed by atoms with Crippen molar-refractivity contribution in [3.05, 3.63) is 70.1 Å². The number of nitro benzene ring substituents is 1. The van der Waals surface area contributed by atoms with Crippen LogP contribution in [0.1, 0.15) is 30.1 Å². The summed E-state index contributed by atoms with van der Waals surface area (Å²) < 4.78 is 5.24. The summed E-state index contributed by atoms with van der Waals surface area (Å²) >= 11 is 0. The molecule has 29 heavy (non-hydrogen) atoms. The summed E-state index contributed by atoms with van der Waals surface area (Å²) in [5, 5.41) is 18.0. The van der Waals surface area contributed by atoms with Gasteiger partial charge in [0.15, 0.2) is 0 Å². The van der Waals surface area contributed by atoms with E-state index in [0.29, 0.717) is 35.8 Å². The highest BCUT2D eigenvalue weighted by Crippen LogP contribution is 2.22. The van der Waals surface area contributed by atoms with Crippen LogP contribution < -0.4 is 5.32 Å². The lowest BCUT2D eigenvalue weighted by molar-refractivity contribution is -0.384. The number of hydrogen-bond acceptors (Lipinski definition) is 7. The summed E-state index contributed by atoms with van der Waals surface area (Å²) in [7, 11) is 0. The second-order valence-electron chi connectivity index (χ2n) is 6.20. The molecule has 3 aromatic rings. The van der Waals surface area contributed by atoms with Crippen LogP contribution >= 0.6 is 0 Å². The number of non-ortho nitro benzene ring substituents is 1. The first-order valence-corrected chi connectivity index (χ1v) is 9.23. The number of carbonyl (C=O) groups is 1. The van der Waals surface area contributed by atoms with Crippen molar-refractivity contribution in [1.29, 1.82) is 0 Å². The van der Waals surface area contributed by atoms with Crippen LogP contribution in [0.5, 0.6) is 0 Å². The van der Waals surface area contributed by atoms with Crippen molar-refractivity contribution in [2.75, 3.05) is 18.4 Å². The van der Waals surface area contributed by atoms with Crippen molar-refractivity contribution in [2.24, 2.45) is 0 Å². The Bertz CT molecular complexity index is 1010. The summed E-state index contributed by atoms with van der Waals surface area (Å²) in [5.41, 5.74) is 1.68. The van der Waals surface area contributed by atoms with Gasteiger partial charge in [0, 0.05) is 36.5 Å². The molecule has 150 valence electrons. The van der Waals surface area contributed by atoms with Crippen LogP contribution in [-0.2, 0) is 6.54 Å². The topological polar surface area (TPSA) is 114 Å². The minimum Gasteiger partial charge on any atom is -0.375 e. The van der Waals surface area contributed by atoms with Crippen molar-refractivity contribution in [3.8, 4) is 11.4 Å². The molecule has 1 aromatic heterocycles. The number of rotatable bonds is 8. The first-order valence-electron chi connectivity index (χ1n) is 9.23. The van der Waals surface area contributed by atoms with E-state index in [0.717, 1.165) is 0 Å².